The SMILES string of the molecule is CC(C)(O)CN1CCN(S(=O)(=O)c2cnc(-c3ccccc3)nc2)CC1. The van der Waals surface area contributed by atoms with Gasteiger partial charge < -0.3 is 5.11 Å². The first-order chi connectivity index (χ1) is 12.3. The number of aromatic nitrogens is 2. The Morgan fingerprint density at radius 2 is 1.62 bits per heavy atom. The van der Waals surface area contributed by atoms with Crippen LogP contribution in [-0.2, 0) is 10.0 Å². The van der Waals surface area contributed by atoms with Crippen molar-refractivity contribution in [2.24, 2.45) is 0 Å². The van der Waals surface area contributed by atoms with E-state index in [-0.39, 0.29) is 4.90 Å². The van der Waals surface area contributed by atoms with Crippen molar-refractivity contribution in [2.75, 3.05) is 32.7 Å². The zero-order valence-corrected chi connectivity index (χ0v) is 15.9. The van der Waals surface area contributed by atoms with Gasteiger partial charge in [0.25, 0.3) is 0 Å². The molecule has 1 N–H and O–H groups in total. The van der Waals surface area contributed by atoms with Crippen LogP contribution in [-0.4, -0.2) is 71.0 Å². The Bertz CT molecular complexity index is 825. The van der Waals surface area contributed by atoms with Gasteiger partial charge >= 0.3 is 0 Å². The molecule has 1 saturated heterocycles. The number of aliphatic hydroxyl groups is 1. The van der Waals surface area contributed by atoms with Gasteiger partial charge in [0.15, 0.2) is 5.82 Å². The molecule has 0 saturated carbocycles. The summed E-state index contributed by atoms with van der Waals surface area (Å²) in [6.07, 6.45) is 2.74. The highest BCUT2D eigenvalue weighted by Crippen LogP contribution is 2.19. The third kappa shape index (κ3) is 4.45. The number of rotatable bonds is 5. The molecule has 8 heteroatoms. The van der Waals surface area contributed by atoms with Gasteiger partial charge in [0.2, 0.25) is 10.0 Å². The second-order valence-electron chi connectivity index (χ2n) is 7.10. The molecule has 1 aromatic heterocycles. The van der Waals surface area contributed by atoms with Gasteiger partial charge in [-0.25, -0.2) is 18.4 Å². The Kier molecular flexibility index (Phi) is 5.38. The molecular formula is C18H24N4O3S. The predicted octanol–water partition coefficient (Wildman–Crippen LogP) is 1.22. The van der Waals surface area contributed by atoms with Crippen molar-refractivity contribution in [3.63, 3.8) is 0 Å². The van der Waals surface area contributed by atoms with E-state index in [1.54, 1.807) is 13.8 Å². The molecule has 7 nitrogen and oxygen atoms in total. The summed E-state index contributed by atoms with van der Waals surface area (Å²) in [4.78, 5) is 10.6. The summed E-state index contributed by atoms with van der Waals surface area (Å²) >= 11 is 0. The summed E-state index contributed by atoms with van der Waals surface area (Å²) in [5.41, 5.74) is 0.0546. The average Bonchev–Trinajstić information content (AvgIpc) is 2.62. The maximum Gasteiger partial charge on any atom is 0.246 e. The standard InChI is InChI=1S/C18H24N4O3S/c1-18(2,23)14-21-8-10-22(11-9-21)26(24,25)16-12-19-17(20-13-16)15-6-4-3-5-7-15/h3-7,12-13,23H,8-11,14H2,1-2H3. The fourth-order valence-corrected chi connectivity index (χ4v) is 4.32. The Hall–Kier alpha value is -1.87. The minimum Gasteiger partial charge on any atom is -0.389 e. The lowest BCUT2D eigenvalue weighted by Gasteiger charge is -2.36. The summed E-state index contributed by atoms with van der Waals surface area (Å²) < 4.78 is 27.1. The van der Waals surface area contributed by atoms with Crippen molar-refractivity contribution in [1.82, 2.24) is 19.2 Å². The third-order valence-corrected chi connectivity index (χ3v) is 6.09. The van der Waals surface area contributed by atoms with E-state index in [1.807, 2.05) is 30.3 Å². The van der Waals surface area contributed by atoms with Crippen molar-refractivity contribution in [3.05, 3.63) is 42.7 Å². The molecule has 2 heterocycles. The molecule has 0 radical (unpaired) electrons. The first-order valence-electron chi connectivity index (χ1n) is 8.58. The lowest BCUT2D eigenvalue weighted by atomic mass is 10.1. The van der Waals surface area contributed by atoms with E-state index in [2.05, 4.69) is 14.9 Å². The van der Waals surface area contributed by atoms with Gasteiger partial charge in [0.1, 0.15) is 4.90 Å². The maximum atomic E-state index is 12.8. The van der Waals surface area contributed by atoms with Crippen molar-refractivity contribution in [1.29, 1.82) is 0 Å². The van der Waals surface area contributed by atoms with E-state index in [4.69, 9.17) is 0 Å². The third-order valence-electron chi connectivity index (χ3n) is 4.24. The van der Waals surface area contributed by atoms with E-state index in [0.29, 0.717) is 38.5 Å². The Morgan fingerprint density at radius 1 is 1.04 bits per heavy atom. The molecule has 3 rings (SSSR count). The van der Waals surface area contributed by atoms with Gasteiger partial charge in [-0.15, -0.1) is 0 Å². The lowest BCUT2D eigenvalue weighted by molar-refractivity contribution is 0.0263. The number of hydrogen-bond donors (Lipinski definition) is 1. The molecule has 1 fully saturated rings. The molecule has 26 heavy (non-hydrogen) atoms. The Balaban J connectivity index is 1.69. The summed E-state index contributed by atoms with van der Waals surface area (Å²) in [5.74, 6) is 0.500. The van der Waals surface area contributed by atoms with Gasteiger partial charge in [-0.05, 0) is 13.8 Å². The molecule has 0 unspecified atom stereocenters. The topological polar surface area (TPSA) is 86.6 Å². The second kappa shape index (κ2) is 7.40. The first kappa shape index (κ1) is 18.9. The zero-order chi connectivity index (χ0) is 18.8. The highest BCUT2D eigenvalue weighted by atomic mass is 32.2. The van der Waals surface area contributed by atoms with E-state index in [9.17, 15) is 13.5 Å². The minimum atomic E-state index is -3.61. The minimum absolute atomic E-state index is 0.105. The van der Waals surface area contributed by atoms with Crippen LogP contribution in [0.5, 0.6) is 0 Å². The summed E-state index contributed by atoms with van der Waals surface area (Å²) in [7, 11) is -3.61. The van der Waals surface area contributed by atoms with Crippen LogP contribution in [0.15, 0.2) is 47.6 Å². The number of β-amino-alcohol motifs (C(OH)–C–C–N with tert-alkyl or cyclic N) is 1. The van der Waals surface area contributed by atoms with E-state index < -0.39 is 15.6 Å². The molecule has 0 spiro atoms. The first-order valence-corrected chi connectivity index (χ1v) is 10.0. The number of nitrogens with zero attached hydrogens (tertiary/aromatic N) is 4. The Morgan fingerprint density at radius 3 is 2.15 bits per heavy atom. The highest BCUT2D eigenvalue weighted by molar-refractivity contribution is 7.89. The number of piperazine rings is 1. The van der Waals surface area contributed by atoms with Crippen molar-refractivity contribution >= 4 is 10.0 Å². The molecule has 1 aliphatic heterocycles. The largest absolute Gasteiger partial charge is 0.389 e. The van der Waals surface area contributed by atoms with Crippen LogP contribution in [0.25, 0.3) is 11.4 Å². The molecular weight excluding hydrogens is 352 g/mol. The van der Waals surface area contributed by atoms with Crippen molar-refractivity contribution in [2.45, 2.75) is 24.3 Å². The van der Waals surface area contributed by atoms with Crippen LogP contribution >= 0.6 is 0 Å². The molecule has 1 aliphatic rings. The molecule has 0 aliphatic carbocycles. The molecule has 0 amide bonds. The monoisotopic (exact) mass is 376 g/mol. The molecule has 0 atom stereocenters. The zero-order valence-electron chi connectivity index (χ0n) is 15.0. The smallest absolute Gasteiger partial charge is 0.246 e. The number of sulfonamides is 1. The van der Waals surface area contributed by atoms with Gasteiger partial charge in [-0.2, -0.15) is 4.31 Å². The fourth-order valence-electron chi connectivity index (χ4n) is 3.01. The van der Waals surface area contributed by atoms with Crippen LogP contribution in [0, 0.1) is 0 Å². The highest BCUT2D eigenvalue weighted by Gasteiger charge is 2.30. The number of benzene rings is 1. The van der Waals surface area contributed by atoms with Crippen molar-refractivity contribution < 1.29 is 13.5 Å². The lowest BCUT2D eigenvalue weighted by Crippen LogP contribution is -2.51. The second-order valence-corrected chi connectivity index (χ2v) is 9.04. The normalized spacial score (nSPS) is 17.3. The van der Waals surface area contributed by atoms with E-state index >= 15 is 0 Å². The maximum absolute atomic E-state index is 12.8. The van der Waals surface area contributed by atoms with Crippen LogP contribution in [0.2, 0.25) is 0 Å². The van der Waals surface area contributed by atoms with Gasteiger partial charge in [-0.1, -0.05) is 30.3 Å². The fraction of sp³-hybridized carbons (Fsp3) is 0.444. The van der Waals surface area contributed by atoms with Crippen LogP contribution in [0.4, 0.5) is 0 Å². The summed E-state index contributed by atoms with van der Waals surface area (Å²) in [6.45, 7) is 5.98. The van der Waals surface area contributed by atoms with Crippen molar-refractivity contribution in [3.8, 4) is 11.4 Å². The Labute approximate surface area is 154 Å². The molecule has 0 bridgehead atoms. The van der Waals surface area contributed by atoms with Crippen LogP contribution in [0.3, 0.4) is 0 Å². The van der Waals surface area contributed by atoms with Gasteiger partial charge in [-0.3, -0.25) is 4.90 Å². The van der Waals surface area contributed by atoms with Gasteiger partial charge in [0, 0.05) is 38.3 Å². The van der Waals surface area contributed by atoms with E-state index in [1.165, 1.54) is 16.7 Å². The van der Waals surface area contributed by atoms with Gasteiger partial charge in [0.05, 0.1) is 18.0 Å². The van der Waals surface area contributed by atoms with Crippen LogP contribution in [0.1, 0.15) is 13.8 Å². The van der Waals surface area contributed by atoms with Crippen LogP contribution < -0.4 is 0 Å². The van der Waals surface area contributed by atoms with E-state index in [0.717, 1.165) is 5.56 Å². The quantitative estimate of drug-likeness (QED) is 0.844. The summed E-state index contributed by atoms with van der Waals surface area (Å²) in [6, 6.07) is 9.43. The number of hydrogen-bond acceptors (Lipinski definition) is 6. The molecule has 140 valence electrons. The molecule has 2 aromatic rings. The predicted molar refractivity (Wildman–Crippen MR) is 99.0 cm³/mol. The molecule has 1 aromatic carbocycles. The average molecular weight is 376 g/mol. The summed E-state index contributed by atoms with van der Waals surface area (Å²) in [5, 5.41) is 9.90.